The second-order valence-electron chi connectivity index (χ2n) is 12.6. The molecule has 2 saturated carbocycles. The Morgan fingerprint density at radius 3 is 1.62 bits per heavy atom. The van der Waals surface area contributed by atoms with Gasteiger partial charge in [0.05, 0.1) is 17.7 Å². The summed E-state index contributed by atoms with van der Waals surface area (Å²) in [6.45, 7) is -0.587. The molecule has 0 bridgehead atoms. The minimum Gasteiger partial charge on any atom is -0.415 e. The molecule has 7 rings (SSSR count). The molecule has 0 radical (unpaired) electrons. The molecule has 1 N–H and O–H groups in total. The maximum absolute atomic E-state index is 14.1. The van der Waals surface area contributed by atoms with Gasteiger partial charge in [-0.05, 0) is 48.9 Å². The largest absolute Gasteiger partial charge is 0.415 e. The SMILES string of the molecule is Fc1ccc(C2(Cc3ncc(-c4nnc(C(F)F)o4)cn3)CC2)c(F)c1.O=C(CNC(=O)C(F)F)c1cnc(CC2(c3ccc(F)cc3F)CC2)nc1. The van der Waals surface area contributed by atoms with Crippen molar-refractivity contribution in [2.45, 2.75) is 62.2 Å². The summed E-state index contributed by atoms with van der Waals surface area (Å²) in [4.78, 5) is 39.1. The van der Waals surface area contributed by atoms with Crippen LogP contribution < -0.4 is 5.32 Å². The van der Waals surface area contributed by atoms with Gasteiger partial charge in [0.1, 0.15) is 34.9 Å². The van der Waals surface area contributed by atoms with Gasteiger partial charge in [-0.2, -0.15) is 17.6 Å². The number of benzene rings is 2. The predicted octanol–water partition coefficient (Wildman–Crippen LogP) is 6.61. The van der Waals surface area contributed by atoms with Crippen LogP contribution >= 0.6 is 0 Å². The number of carbonyl (C=O) groups excluding carboxylic acids is 2. The Balaban J connectivity index is 0.000000181. The summed E-state index contributed by atoms with van der Waals surface area (Å²) in [5.74, 6) is -4.63. The first-order chi connectivity index (χ1) is 25.3. The standard InChI is InChI=1S/C18H15F4N3O2.C17H12F4N4O/c19-11-1-2-12(13(20)5-11)18(3-4-18)6-15-23-7-10(8-24-15)14(26)9-25-17(27)16(21)22;18-10-1-2-11(12(19)5-10)17(3-4-17)6-13-22-7-9(8-23-13)15-24-25-16(26-15)14(20)21/h1-2,5,7-8,16H,3-4,6,9H2,(H,25,27);1-2,5,7-8,14H,3-4,6H2. The number of nitrogens with zero attached hydrogens (tertiary/aromatic N) is 6. The molecule has 1 amide bonds. The number of alkyl halides is 4. The molecule has 18 heteroatoms. The molecule has 0 spiro atoms. The van der Waals surface area contributed by atoms with Crippen molar-refractivity contribution in [2.24, 2.45) is 0 Å². The molecule has 0 unspecified atom stereocenters. The van der Waals surface area contributed by atoms with Crippen LogP contribution in [0.1, 0.15) is 71.1 Å². The molecule has 10 nitrogen and oxygen atoms in total. The molecule has 53 heavy (non-hydrogen) atoms. The zero-order valence-corrected chi connectivity index (χ0v) is 27.3. The first-order valence-corrected chi connectivity index (χ1v) is 16.0. The summed E-state index contributed by atoms with van der Waals surface area (Å²) in [6.07, 6.45) is 2.84. The van der Waals surface area contributed by atoms with E-state index in [1.807, 2.05) is 5.32 Å². The van der Waals surface area contributed by atoms with Gasteiger partial charge in [-0.3, -0.25) is 9.59 Å². The second kappa shape index (κ2) is 15.1. The van der Waals surface area contributed by atoms with Crippen LogP contribution in [0.25, 0.3) is 11.5 Å². The maximum Gasteiger partial charge on any atom is 0.315 e. The lowest BCUT2D eigenvalue weighted by atomic mass is 9.91. The summed E-state index contributed by atoms with van der Waals surface area (Å²) >= 11 is 0. The zero-order valence-electron chi connectivity index (χ0n) is 27.3. The van der Waals surface area contributed by atoms with Crippen LogP contribution in [-0.4, -0.2) is 54.8 Å². The van der Waals surface area contributed by atoms with Gasteiger partial charge >= 0.3 is 12.9 Å². The van der Waals surface area contributed by atoms with Crippen molar-refractivity contribution in [3.05, 3.63) is 119 Å². The minimum atomic E-state index is -3.20. The van der Waals surface area contributed by atoms with Gasteiger partial charge in [-0.15, -0.1) is 10.2 Å². The number of amides is 1. The van der Waals surface area contributed by atoms with Crippen molar-refractivity contribution in [1.82, 2.24) is 35.5 Å². The number of hydrogen-bond donors (Lipinski definition) is 1. The molecule has 2 fully saturated rings. The van der Waals surface area contributed by atoms with Gasteiger partial charge < -0.3 is 9.73 Å². The van der Waals surface area contributed by atoms with Gasteiger partial charge in [0.15, 0.2) is 5.78 Å². The summed E-state index contributed by atoms with van der Waals surface area (Å²) in [7, 11) is 0. The predicted molar refractivity (Wildman–Crippen MR) is 168 cm³/mol. The van der Waals surface area contributed by atoms with Gasteiger partial charge in [0, 0.05) is 60.6 Å². The van der Waals surface area contributed by atoms with E-state index in [0.29, 0.717) is 54.0 Å². The molecule has 2 aliphatic carbocycles. The average molecular weight is 746 g/mol. The first kappa shape index (κ1) is 37.1. The Kier molecular flexibility index (Phi) is 10.6. The third-order valence-corrected chi connectivity index (χ3v) is 8.93. The molecule has 2 aromatic carbocycles. The molecule has 3 aromatic heterocycles. The smallest absolute Gasteiger partial charge is 0.315 e. The van der Waals surface area contributed by atoms with Crippen LogP contribution in [0.15, 0.2) is 65.6 Å². The number of nitrogens with one attached hydrogen (secondary N) is 1. The molecule has 2 aliphatic rings. The second-order valence-corrected chi connectivity index (χ2v) is 12.6. The van der Waals surface area contributed by atoms with Crippen LogP contribution in [0.5, 0.6) is 0 Å². The number of halogens is 8. The Labute approximate surface area is 295 Å². The molecular formula is C35H27F8N7O3. The Hall–Kier alpha value is -5.68. The van der Waals surface area contributed by atoms with E-state index in [9.17, 15) is 44.7 Å². The lowest BCUT2D eigenvalue weighted by molar-refractivity contribution is -0.131. The van der Waals surface area contributed by atoms with Gasteiger partial charge in [-0.1, -0.05) is 12.1 Å². The number of carbonyl (C=O) groups is 2. The van der Waals surface area contributed by atoms with Crippen molar-refractivity contribution in [3.63, 3.8) is 0 Å². The van der Waals surface area contributed by atoms with E-state index in [1.165, 1.54) is 49.1 Å². The number of aromatic nitrogens is 6. The fraction of sp³-hybridized carbons (Fsp3) is 0.314. The highest BCUT2D eigenvalue weighted by Gasteiger charge is 2.47. The minimum absolute atomic E-state index is 0.0612. The van der Waals surface area contributed by atoms with Crippen molar-refractivity contribution < 1.29 is 49.1 Å². The van der Waals surface area contributed by atoms with Crippen LogP contribution in [0.2, 0.25) is 0 Å². The highest BCUT2D eigenvalue weighted by molar-refractivity contribution is 5.99. The molecule has 0 saturated heterocycles. The number of hydrogen-bond acceptors (Lipinski definition) is 9. The molecule has 5 aromatic rings. The highest BCUT2D eigenvalue weighted by Crippen LogP contribution is 2.52. The van der Waals surface area contributed by atoms with E-state index in [2.05, 4.69) is 30.1 Å². The van der Waals surface area contributed by atoms with Crippen molar-refractivity contribution >= 4 is 11.7 Å². The van der Waals surface area contributed by atoms with E-state index in [1.54, 1.807) is 0 Å². The fourth-order valence-corrected chi connectivity index (χ4v) is 5.76. The van der Waals surface area contributed by atoms with Gasteiger partial charge in [0.2, 0.25) is 0 Å². The Morgan fingerprint density at radius 2 is 1.21 bits per heavy atom. The van der Waals surface area contributed by atoms with E-state index >= 15 is 0 Å². The highest BCUT2D eigenvalue weighted by atomic mass is 19.3. The van der Waals surface area contributed by atoms with E-state index in [0.717, 1.165) is 25.0 Å². The lowest BCUT2D eigenvalue weighted by Crippen LogP contribution is -2.34. The lowest BCUT2D eigenvalue weighted by Gasteiger charge is -2.15. The van der Waals surface area contributed by atoms with E-state index in [4.69, 9.17) is 4.42 Å². The number of Topliss-reactive ketones (excluding diaryl/α,β-unsaturated/α-hetero) is 1. The summed E-state index contributed by atoms with van der Waals surface area (Å²) in [5, 5.41) is 8.58. The molecule has 0 aliphatic heterocycles. The van der Waals surface area contributed by atoms with Gasteiger partial charge in [0.25, 0.3) is 17.7 Å². The quantitative estimate of drug-likeness (QED) is 0.111. The maximum atomic E-state index is 14.1. The summed E-state index contributed by atoms with van der Waals surface area (Å²) < 4.78 is 108. The van der Waals surface area contributed by atoms with Crippen molar-refractivity contribution in [2.75, 3.05) is 6.54 Å². The molecule has 0 atom stereocenters. The normalized spacial score (nSPS) is 15.1. The van der Waals surface area contributed by atoms with Crippen LogP contribution in [0.3, 0.4) is 0 Å². The van der Waals surface area contributed by atoms with Crippen molar-refractivity contribution in [1.29, 1.82) is 0 Å². The summed E-state index contributed by atoms with van der Waals surface area (Å²) in [5.41, 5.74) is 0.297. The van der Waals surface area contributed by atoms with Crippen LogP contribution in [0, 0.1) is 23.3 Å². The topological polar surface area (TPSA) is 137 Å². The molecule has 3 heterocycles. The monoisotopic (exact) mass is 745 g/mol. The Morgan fingerprint density at radius 1 is 0.717 bits per heavy atom. The molecule has 276 valence electrons. The number of rotatable bonds is 12. The van der Waals surface area contributed by atoms with Crippen molar-refractivity contribution in [3.8, 4) is 11.5 Å². The van der Waals surface area contributed by atoms with E-state index < -0.39 is 71.1 Å². The molecular weight excluding hydrogens is 718 g/mol. The fourth-order valence-electron chi connectivity index (χ4n) is 5.76. The zero-order chi connectivity index (χ0) is 37.9. The van der Waals surface area contributed by atoms with E-state index in [-0.39, 0.29) is 11.5 Å². The summed E-state index contributed by atoms with van der Waals surface area (Å²) in [6, 6.07) is 7.02. The third-order valence-electron chi connectivity index (χ3n) is 8.93. The van der Waals surface area contributed by atoms with Crippen LogP contribution in [0.4, 0.5) is 35.1 Å². The average Bonchev–Trinajstić information content (AvgIpc) is 4.03. The first-order valence-electron chi connectivity index (χ1n) is 16.0. The Bertz CT molecular complexity index is 2110. The number of ketones is 1. The third kappa shape index (κ3) is 8.69. The van der Waals surface area contributed by atoms with Crippen LogP contribution in [-0.2, 0) is 28.5 Å². The van der Waals surface area contributed by atoms with Gasteiger partial charge in [-0.25, -0.2) is 37.5 Å².